The maximum absolute atomic E-state index is 10.8. The summed E-state index contributed by atoms with van der Waals surface area (Å²) >= 11 is 0. The van der Waals surface area contributed by atoms with Gasteiger partial charge in [-0.25, -0.2) is 0 Å². The fourth-order valence-corrected chi connectivity index (χ4v) is 4.17. The van der Waals surface area contributed by atoms with Crippen LogP contribution in [-0.2, 0) is 5.41 Å². The van der Waals surface area contributed by atoms with Gasteiger partial charge >= 0.3 is 0 Å². The molecule has 0 aliphatic rings. The summed E-state index contributed by atoms with van der Waals surface area (Å²) in [5.74, 6) is 0.374. The first kappa shape index (κ1) is 19.2. The Labute approximate surface area is 163 Å². The zero-order chi connectivity index (χ0) is 19.0. The lowest BCUT2D eigenvalue weighted by atomic mass is 9.66. The van der Waals surface area contributed by atoms with Gasteiger partial charge in [0.25, 0.3) is 0 Å². The molecule has 0 saturated heterocycles. The highest BCUT2D eigenvalue weighted by atomic mass is 16.3. The van der Waals surface area contributed by atoms with Crippen molar-refractivity contribution in [2.45, 2.75) is 50.9 Å². The molecule has 0 atom stereocenters. The topological polar surface area (TPSA) is 20.2 Å². The molecule has 0 aromatic heterocycles. The summed E-state index contributed by atoms with van der Waals surface area (Å²) in [5.41, 5.74) is 3.15. The number of hydrogen-bond acceptors (Lipinski definition) is 1. The third kappa shape index (κ3) is 4.24. The minimum absolute atomic E-state index is 0.333. The Hall–Kier alpha value is -2.54. The second-order valence-corrected chi connectivity index (χ2v) is 7.32. The van der Waals surface area contributed by atoms with E-state index in [1.807, 2.05) is 18.2 Å². The molecule has 0 radical (unpaired) electrons. The van der Waals surface area contributed by atoms with E-state index in [1.54, 1.807) is 0 Å². The minimum Gasteiger partial charge on any atom is -0.508 e. The lowest BCUT2D eigenvalue weighted by Gasteiger charge is -2.36. The number of benzene rings is 3. The monoisotopic (exact) mass is 358 g/mol. The second kappa shape index (κ2) is 9.41. The Morgan fingerprint density at radius 1 is 0.630 bits per heavy atom. The molecular formula is C26H30O. The van der Waals surface area contributed by atoms with Gasteiger partial charge in [-0.3, -0.25) is 0 Å². The summed E-state index contributed by atoms with van der Waals surface area (Å²) in [6, 6.07) is 29.2. The third-order valence-corrected chi connectivity index (χ3v) is 5.55. The molecule has 3 aromatic carbocycles. The maximum Gasteiger partial charge on any atom is 0.120 e. The average molecular weight is 359 g/mol. The van der Waals surface area contributed by atoms with Gasteiger partial charge in [0.2, 0.25) is 0 Å². The summed E-state index contributed by atoms with van der Waals surface area (Å²) in [6.07, 6.45) is 7.17. The van der Waals surface area contributed by atoms with E-state index >= 15 is 0 Å². The van der Waals surface area contributed by atoms with Gasteiger partial charge < -0.3 is 5.11 Å². The zero-order valence-corrected chi connectivity index (χ0v) is 16.3. The molecule has 0 saturated carbocycles. The average Bonchev–Trinajstić information content (AvgIpc) is 2.73. The van der Waals surface area contributed by atoms with Crippen molar-refractivity contribution in [2.24, 2.45) is 0 Å². The van der Waals surface area contributed by atoms with Gasteiger partial charge in [-0.2, -0.15) is 0 Å². The molecule has 1 nitrogen and oxygen atoms in total. The first-order chi connectivity index (χ1) is 13.3. The molecule has 1 heteroatoms. The van der Waals surface area contributed by atoms with Gasteiger partial charge in [0.05, 0.1) is 0 Å². The number of phenolic OH excluding ortho intramolecular Hbond substituents is 1. The molecule has 0 aliphatic heterocycles. The molecule has 0 bridgehead atoms. The van der Waals surface area contributed by atoms with Crippen LogP contribution in [-0.4, -0.2) is 5.11 Å². The van der Waals surface area contributed by atoms with E-state index in [1.165, 1.54) is 36.8 Å². The van der Waals surface area contributed by atoms with E-state index in [4.69, 9.17) is 0 Å². The third-order valence-electron chi connectivity index (χ3n) is 5.55. The van der Waals surface area contributed by atoms with Crippen molar-refractivity contribution in [3.8, 4) is 5.75 Å². The molecule has 0 spiro atoms. The van der Waals surface area contributed by atoms with Gasteiger partial charge in [-0.15, -0.1) is 0 Å². The summed E-state index contributed by atoms with van der Waals surface area (Å²) < 4.78 is 0. The predicted octanol–water partition coefficient (Wildman–Crippen LogP) is 7.09. The van der Waals surface area contributed by atoms with Crippen LogP contribution < -0.4 is 0 Å². The smallest absolute Gasteiger partial charge is 0.120 e. The van der Waals surface area contributed by atoms with Gasteiger partial charge in [0, 0.05) is 11.0 Å². The Bertz CT molecular complexity index is 768. The number of unbranched alkanes of at least 4 members (excludes halogenated alkanes) is 4. The molecule has 0 fully saturated rings. The SMILES string of the molecule is CCCCCCCC(c1ccccc1)(c1ccccc1)c1ccccc1O. The summed E-state index contributed by atoms with van der Waals surface area (Å²) in [5, 5.41) is 10.8. The largest absolute Gasteiger partial charge is 0.508 e. The van der Waals surface area contributed by atoms with Gasteiger partial charge in [-0.05, 0) is 23.6 Å². The Morgan fingerprint density at radius 3 is 1.70 bits per heavy atom. The molecular weight excluding hydrogens is 328 g/mol. The molecule has 0 amide bonds. The van der Waals surface area contributed by atoms with Crippen molar-refractivity contribution in [1.82, 2.24) is 0 Å². The van der Waals surface area contributed by atoms with Crippen LogP contribution in [0.15, 0.2) is 84.9 Å². The summed E-state index contributed by atoms with van der Waals surface area (Å²) in [7, 11) is 0. The highest BCUT2D eigenvalue weighted by molar-refractivity contribution is 5.54. The summed E-state index contributed by atoms with van der Waals surface area (Å²) in [6.45, 7) is 2.25. The van der Waals surface area contributed by atoms with Crippen LogP contribution in [0.5, 0.6) is 5.75 Å². The van der Waals surface area contributed by atoms with Crippen LogP contribution >= 0.6 is 0 Å². The molecule has 0 aliphatic carbocycles. The highest BCUT2D eigenvalue weighted by Gasteiger charge is 2.37. The first-order valence-electron chi connectivity index (χ1n) is 10.2. The molecule has 3 aromatic rings. The first-order valence-corrected chi connectivity index (χ1v) is 10.2. The predicted molar refractivity (Wildman–Crippen MR) is 114 cm³/mol. The zero-order valence-electron chi connectivity index (χ0n) is 16.3. The van der Waals surface area contributed by atoms with Crippen LogP contribution in [0.4, 0.5) is 0 Å². The van der Waals surface area contributed by atoms with E-state index in [9.17, 15) is 5.11 Å². The van der Waals surface area contributed by atoms with Crippen LogP contribution in [0.25, 0.3) is 0 Å². The van der Waals surface area contributed by atoms with Crippen molar-refractivity contribution in [3.63, 3.8) is 0 Å². The van der Waals surface area contributed by atoms with Crippen LogP contribution in [0, 0.1) is 0 Å². The van der Waals surface area contributed by atoms with Gasteiger partial charge in [-0.1, -0.05) is 118 Å². The lowest BCUT2D eigenvalue weighted by molar-refractivity contribution is 0.437. The standard InChI is InChI=1S/C26H30O/c1-2-3-4-5-14-21-26(22-15-8-6-9-16-22,23-17-10-7-11-18-23)24-19-12-13-20-25(24)27/h6-13,15-20,27H,2-5,14,21H2,1H3. The van der Waals surface area contributed by atoms with Crippen molar-refractivity contribution >= 4 is 0 Å². The molecule has 0 heterocycles. The number of rotatable bonds is 9. The number of aromatic hydroxyl groups is 1. The maximum atomic E-state index is 10.8. The quantitative estimate of drug-likeness (QED) is 0.320. The van der Waals surface area contributed by atoms with Crippen molar-refractivity contribution in [3.05, 3.63) is 102 Å². The number of phenols is 1. The molecule has 0 unspecified atom stereocenters. The van der Waals surface area contributed by atoms with Crippen molar-refractivity contribution in [1.29, 1.82) is 0 Å². The molecule has 1 N–H and O–H groups in total. The Morgan fingerprint density at radius 2 is 1.15 bits per heavy atom. The van der Waals surface area contributed by atoms with E-state index in [0.29, 0.717) is 5.75 Å². The van der Waals surface area contributed by atoms with E-state index < -0.39 is 0 Å². The molecule has 27 heavy (non-hydrogen) atoms. The second-order valence-electron chi connectivity index (χ2n) is 7.32. The number of para-hydroxylation sites is 1. The normalized spacial score (nSPS) is 11.4. The van der Waals surface area contributed by atoms with Crippen molar-refractivity contribution in [2.75, 3.05) is 0 Å². The summed E-state index contributed by atoms with van der Waals surface area (Å²) in [4.78, 5) is 0. The van der Waals surface area contributed by atoms with Crippen LogP contribution in [0.3, 0.4) is 0 Å². The van der Waals surface area contributed by atoms with Crippen LogP contribution in [0.2, 0.25) is 0 Å². The van der Waals surface area contributed by atoms with Gasteiger partial charge in [0.15, 0.2) is 0 Å². The lowest BCUT2D eigenvalue weighted by Crippen LogP contribution is -2.29. The van der Waals surface area contributed by atoms with E-state index in [2.05, 4.69) is 73.7 Å². The fourth-order valence-electron chi connectivity index (χ4n) is 4.17. The van der Waals surface area contributed by atoms with Crippen molar-refractivity contribution < 1.29 is 5.11 Å². The van der Waals surface area contributed by atoms with Crippen LogP contribution in [0.1, 0.15) is 62.1 Å². The minimum atomic E-state index is -0.333. The number of hydrogen-bond donors (Lipinski definition) is 1. The Balaban J connectivity index is 2.12. The Kier molecular flexibility index (Phi) is 6.70. The fraction of sp³-hybridized carbons (Fsp3) is 0.308. The van der Waals surface area contributed by atoms with Gasteiger partial charge in [0.1, 0.15) is 5.75 Å². The highest BCUT2D eigenvalue weighted by Crippen LogP contribution is 2.46. The molecule has 3 rings (SSSR count). The van der Waals surface area contributed by atoms with E-state index in [-0.39, 0.29) is 5.41 Å². The molecule has 140 valence electrons. The van der Waals surface area contributed by atoms with E-state index in [0.717, 1.165) is 18.4 Å².